The van der Waals surface area contributed by atoms with Crippen LogP contribution in [0.3, 0.4) is 0 Å². The topological polar surface area (TPSA) is 63.9 Å². The van der Waals surface area contributed by atoms with Gasteiger partial charge in [-0.1, -0.05) is 23.4 Å². The average molecular weight is 415 g/mol. The Labute approximate surface area is 174 Å². The number of hydrogen-bond donors (Lipinski definition) is 0. The van der Waals surface area contributed by atoms with Crippen LogP contribution in [0.4, 0.5) is 0 Å². The van der Waals surface area contributed by atoms with Crippen LogP contribution in [0, 0.1) is 0 Å². The summed E-state index contributed by atoms with van der Waals surface area (Å²) in [6.45, 7) is 6.64. The van der Waals surface area contributed by atoms with E-state index in [0.717, 1.165) is 45.8 Å². The van der Waals surface area contributed by atoms with Gasteiger partial charge < -0.3 is 14.0 Å². The summed E-state index contributed by atoms with van der Waals surface area (Å²) in [6.07, 6.45) is 1.03. The summed E-state index contributed by atoms with van der Waals surface area (Å²) in [7, 11) is 1.63. The van der Waals surface area contributed by atoms with Crippen LogP contribution in [0.25, 0.3) is 10.1 Å². The van der Waals surface area contributed by atoms with E-state index >= 15 is 0 Å². The van der Waals surface area contributed by atoms with Crippen LogP contribution in [0.5, 0.6) is 0 Å². The second kappa shape index (κ2) is 8.12. The van der Waals surface area contributed by atoms with Gasteiger partial charge in [0.1, 0.15) is 6.61 Å². The Morgan fingerprint density at radius 1 is 1.17 bits per heavy atom. The molecule has 0 aliphatic carbocycles. The quantitative estimate of drug-likeness (QED) is 0.614. The van der Waals surface area contributed by atoms with Crippen molar-refractivity contribution < 1.29 is 14.0 Å². The van der Waals surface area contributed by atoms with Crippen molar-refractivity contribution in [2.75, 3.05) is 39.9 Å². The fourth-order valence-electron chi connectivity index (χ4n) is 4.50. The third-order valence-corrected chi connectivity index (χ3v) is 6.83. The fraction of sp³-hybridized carbons (Fsp3) is 0.524. The molecule has 5 rings (SSSR count). The maximum absolute atomic E-state index is 6.31. The molecule has 0 bridgehead atoms. The minimum Gasteiger partial charge on any atom is -0.377 e. The maximum Gasteiger partial charge on any atom is 0.240 e. The summed E-state index contributed by atoms with van der Waals surface area (Å²) in [5.74, 6) is 1.24. The first-order chi connectivity index (χ1) is 14.2. The summed E-state index contributed by atoms with van der Waals surface area (Å²) in [4.78, 5) is 9.30. The van der Waals surface area contributed by atoms with Crippen molar-refractivity contribution in [1.82, 2.24) is 19.9 Å². The van der Waals surface area contributed by atoms with Gasteiger partial charge in [-0.3, -0.25) is 9.80 Å². The number of thiophene rings is 1. The van der Waals surface area contributed by atoms with Crippen LogP contribution in [0.15, 0.2) is 34.2 Å². The van der Waals surface area contributed by atoms with Gasteiger partial charge in [0.2, 0.25) is 5.89 Å². The first kappa shape index (κ1) is 19.1. The largest absolute Gasteiger partial charge is 0.377 e. The van der Waals surface area contributed by atoms with E-state index in [0.29, 0.717) is 24.9 Å². The van der Waals surface area contributed by atoms with Crippen molar-refractivity contribution in [2.45, 2.75) is 31.7 Å². The summed E-state index contributed by atoms with van der Waals surface area (Å²) >= 11 is 1.83. The van der Waals surface area contributed by atoms with Crippen molar-refractivity contribution >= 4 is 21.4 Å². The van der Waals surface area contributed by atoms with Crippen molar-refractivity contribution in [1.29, 1.82) is 0 Å². The van der Waals surface area contributed by atoms with Gasteiger partial charge in [0.25, 0.3) is 0 Å². The van der Waals surface area contributed by atoms with E-state index in [1.54, 1.807) is 7.11 Å². The normalized spacial score (nSPS) is 23.5. The van der Waals surface area contributed by atoms with Gasteiger partial charge in [-0.2, -0.15) is 4.98 Å². The van der Waals surface area contributed by atoms with Crippen molar-refractivity contribution in [3.05, 3.63) is 46.9 Å². The van der Waals surface area contributed by atoms with Crippen LogP contribution in [-0.4, -0.2) is 65.4 Å². The Kier molecular flexibility index (Phi) is 5.36. The molecule has 29 heavy (non-hydrogen) atoms. The Balaban J connectivity index is 1.22. The Hall–Kier alpha value is -1.84. The van der Waals surface area contributed by atoms with E-state index in [1.165, 1.54) is 15.6 Å². The van der Waals surface area contributed by atoms with E-state index < -0.39 is 0 Å². The molecule has 2 aromatic heterocycles. The zero-order valence-electron chi connectivity index (χ0n) is 16.7. The molecule has 1 aromatic carbocycles. The predicted octanol–water partition coefficient (Wildman–Crippen LogP) is 2.91. The number of hydrogen-bond acceptors (Lipinski definition) is 8. The van der Waals surface area contributed by atoms with Crippen molar-refractivity contribution in [3.8, 4) is 0 Å². The lowest BCUT2D eigenvalue weighted by Gasteiger charge is -2.40. The van der Waals surface area contributed by atoms with Gasteiger partial charge >= 0.3 is 0 Å². The highest BCUT2D eigenvalue weighted by atomic mass is 32.1. The molecule has 2 fully saturated rings. The summed E-state index contributed by atoms with van der Waals surface area (Å²) in [5.41, 5.74) is 1.33. The number of ether oxygens (including phenoxy) is 2. The molecule has 2 saturated heterocycles. The van der Waals surface area contributed by atoms with Gasteiger partial charge in [0, 0.05) is 44.5 Å². The molecule has 154 valence electrons. The summed E-state index contributed by atoms with van der Waals surface area (Å²) in [5, 5.41) is 7.64. The monoisotopic (exact) mass is 414 g/mol. The minimum atomic E-state index is -0.0978. The molecule has 0 amide bonds. The molecule has 8 heteroatoms. The molecule has 2 aliphatic rings. The SMILES string of the molecule is COCc1noc(CN2CCC3(C2)CN(Cc2csc4ccccc24)CCO3)n1. The lowest BCUT2D eigenvalue weighted by atomic mass is 10.00. The molecule has 7 nitrogen and oxygen atoms in total. The number of methoxy groups -OCH3 is 1. The number of benzene rings is 1. The zero-order valence-corrected chi connectivity index (χ0v) is 17.5. The molecule has 4 heterocycles. The molecule has 1 spiro atoms. The van der Waals surface area contributed by atoms with Crippen LogP contribution >= 0.6 is 11.3 Å². The van der Waals surface area contributed by atoms with Crippen LogP contribution in [-0.2, 0) is 29.2 Å². The van der Waals surface area contributed by atoms with Gasteiger partial charge in [-0.15, -0.1) is 11.3 Å². The molecule has 3 aromatic rings. The van der Waals surface area contributed by atoms with E-state index in [-0.39, 0.29) is 5.60 Å². The molecule has 2 aliphatic heterocycles. The molecule has 0 radical (unpaired) electrons. The average Bonchev–Trinajstić information content (AvgIpc) is 3.43. The van der Waals surface area contributed by atoms with Gasteiger partial charge in [-0.05, 0) is 28.8 Å². The number of nitrogens with zero attached hydrogens (tertiary/aromatic N) is 4. The fourth-order valence-corrected chi connectivity index (χ4v) is 5.45. The number of aromatic nitrogens is 2. The molecular weight excluding hydrogens is 388 g/mol. The van der Waals surface area contributed by atoms with Crippen LogP contribution in [0.2, 0.25) is 0 Å². The van der Waals surface area contributed by atoms with Crippen molar-refractivity contribution in [3.63, 3.8) is 0 Å². The summed E-state index contributed by atoms with van der Waals surface area (Å²) < 4.78 is 18.1. The first-order valence-electron chi connectivity index (χ1n) is 10.1. The second-order valence-electron chi connectivity index (χ2n) is 8.00. The lowest BCUT2D eigenvalue weighted by molar-refractivity contribution is -0.104. The van der Waals surface area contributed by atoms with E-state index in [2.05, 4.69) is 49.6 Å². The lowest BCUT2D eigenvalue weighted by Crippen LogP contribution is -2.52. The summed E-state index contributed by atoms with van der Waals surface area (Å²) in [6, 6.07) is 8.68. The molecular formula is C21H26N4O3S. The second-order valence-corrected chi connectivity index (χ2v) is 8.91. The number of fused-ring (bicyclic) bond motifs is 1. The zero-order chi connectivity index (χ0) is 19.7. The van der Waals surface area contributed by atoms with E-state index in [1.807, 2.05) is 11.3 Å². The molecule has 1 atom stereocenters. The van der Waals surface area contributed by atoms with Gasteiger partial charge in [0.05, 0.1) is 18.8 Å². The molecule has 1 unspecified atom stereocenters. The standard InChI is InChI=1S/C21H26N4O3S/c1-26-12-19-22-20(28-23-19)11-24-7-6-21(14-24)15-25(8-9-27-21)10-16-13-29-18-5-3-2-4-17(16)18/h2-5,13H,6-12,14-15H2,1H3. The Bertz CT molecular complexity index is 974. The Morgan fingerprint density at radius 2 is 2.03 bits per heavy atom. The highest BCUT2D eigenvalue weighted by Gasteiger charge is 2.43. The third kappa shape index (κ3) is 4.08. The van der Waals surface area contributed by atoms with Gasteiger partial charge in [0.15, 0.2) is 5.82 Å². The van der Waals surface area contributed by atoms with Crippen LogP contribution < -0.4 is 0 Å². The highest BCUT2D eigenvalue weighted by Crippen LogP contribution is 2.32. The van der Waals surface area contributed by atoms with Gasteiger partial charge in [-0.25, -0.2) is 0 Å². The number of morpholine rings is 1. The molecule has 0 saturated carbocycles. The minimum absolute atomic E-state index is 0.0978. The first-order valence-corrected chi connectivity index (χ1v) is 11.0. The third-order valence-electron chi connectivity index (χ3n) is 5.82. The van der Waals surface area contributed by atoms with E-state index in [4.69, 9.17) is 14.0 Å². The van der Waals surface area contributed by atoms with E-state index in [9.17, 15) is 0 Å². The molecule has 0 N–H and O–H groups in total. The number of rotatable bonds is 6. The Morgan fingerprint density at radius 3 is 2.93 bits per heavy atom. The highest BCUT2D eigenvalue weighted by molar-refractivity contribution is 7.17. The number of likely N-dealkylation sites (tertiary alicyclic amines) is 1. The smallest absolute Gasteiger partial charge is 0.240 e. The van der Waals surface area contributed by atoms with Crippen LogP contribution in [0.1, 0.15) is 23.7 Å². The van der Waals surface area contributed by atoms with Crippen molar-refractivity contribution in [2.24, 2.45) is 0 Å². The predicted molar refractivity (Wildman–Crippen MR) is 111 cm³/mol. The maximum atomic E-state index is 6.31.